The summed E-state index contributed by atoms with van der Waals surface area (Å²) >= 11 is 0. The number of nitrogens with one attached hydrogen (secondary N) is 1. The quantitative estimate of drug-likeness (QED) is 0.864. The number of ether oxygens (including phenoxy) is 1. The third kappa shape index (κ3) is 3.95. The van der Waals surface area contributed by atoms with Crippen LogP contribution in [0, 0.1) is 6.92 Å². The van der Waals surface area contributed by atoms with Gasteiger partial charge in [0, 0.05) is 12.7 Å². The lowest BCUT2D eigenvalue weighted by molar-refractivity contribution is 0.336. The van der Waals surface area contributed by atoms with Crippen molar-refractivity contribution >= 4 is 5.82 Å². The molecule has 0 atom stereocenters. The van der Waals surface area contributed by atoms with Crippen molar-refractivity contribution in [2.24, 2.45) is 0 Å². The Hall–Kier alpha value is -2.10. The van der Waals surface area contributed by atoms with Crippen LogP contribution in [0.3, 0.4) is 0 Å². The lowest BCUT2D eigenvalue weighted by atomic mass is 10.1. The van der Waals surface area contributed by atoms with Gasteiger partial charge in [-0.2, -0.15) is 0 Å². The molecule has 1 aromatic carbocycles. The highest BCUT2D eigenvalue weighted by atomic mass is 16.5. The molecule has 0 fully saturated rings. The maximum atomic E-state index is 5.60. The van der Waals surface area contributed by atoms with Gasteiger partial charge in [0.1, 0.15) is 11.6 Å². The van der Waals surface area contributed by atoms with Gasteiger partial charge in [0.2, 0.25) is 0 Å². The van der Waals surface area contributed by atoms with Crippen LogP contribution in [-0.2, 0) is 6.42 Å². The monoisotopic (exact) mass is 257 g/mol. The van der Waals surface area contributed by atoms with E-state index in [1.165, 1.54) is 5.56 Å². The highest BCUT2D eigenvalue weighted by Crippen LogP contribution is 2.18. The van der Waals surface area contributed by atoms with E-state index < -0.39 is 0 Å². The molecule has 0 aliphatic heterocycles. The smallest absolute Gasteiger partial charge is 0.144 e. The Morgan fingerprint density at radius 2 is 2.05 bits per heavy atom. The van der Waals surface area contributed by atoms with Crippen LogP contribution >= 0.6 is 0 Å². The molecular formula is C15H19N3O. The van der Waals surface area contributed by atoms with E-state index in [9.17, 15) is 0 Å². The number of nitrogens with zero attached hydrogens (tertiary/aromatic N) is 2. The molecule has 2 aromatic rings. The van der Waals surface area contributed by atoms with E-state index in [-0.39, 0.29) is 0 Å². The van der Waals surface area contributed by atoms with E-state index in [0.29, 0.717) is 6.61 Å². The largest absolute Gasteiger partial charge is 0.494 e. The van der Waals surface area contributed by atoms with E-state index in [1.54, 1.807) is 12.4 Å². The van der Waals surface area contributed by atoms with Crippen LogP contribution in [0.25, 0.3) is 0 Å². The lowest BCUT2D eigenvalue weighted by Crippen LogP contribution is -2.08. The second-order valence-electron chi connectivity index (χ2n) is 4.26. The molecule has 19 heavy (non-hydrogen) atoms. The molecule has 4 heteroatoms. The summed E-state index contributed by atoms with van der Waals surface area (Å²) in [7, 11) is 0. The summed E-state index contributed by atoms with van der Waals surface area (Å²) in [6.07, 6.45) is 4.38. The zero-order valence-corrected chi connectivity index (χ0v) is 11.4. The van der Waals surface area contributed by atoms with Gasteiger partial charge >= 0.3 is 0 Å². The summed E-state index contributed by atoms with van der Waals surface area (Å²) in [5, 5.41) is 3.27. The fourth-order valence-electron chi connectivity index (χ4n) is 1.88. The summed E-state index contributed by atoms with van der Waals surface area (Å²) in [5.74, 6) is 1.77. The highest BCUT2D eigenvalue weighted by Gasteiger charge is 2.02. The van der Waals surface area contributed by atoms with Gasteiger partial charge in [0.15, 0.2) is 0 Å². The number of anilines is 1. The minimum Gasteiger partial charge on any atom is -0.494 e. The number of hydrogen-bond donors (Lipinski definition) is 1. The van der Waals surface area contributed by atoms with Crippen molar-refractivity contribution in [3.63, 3.8) is 0 Å². The van der Waals surface area contributed by atoms with Crippen molar-refractivity contribution in [1.29, 1.82) is 0 Å². The Balaban J connectivity index is 1.92. The molecule has 1 heterocycles. The molecule has 4 nitrogen and oxygen atoms in total. The number of aromatic nitrogens is 2. The van der Waals surface area contributed by atoms with Gasteiger partial charge in [-0.15, -0.1) is 0 Å². The summed E-state index contributed by atoms with van der Waals surface area (Å²) in [5.41, 5.74) is 2.12. The Bertz CT molecular complexity index is 528. The van der Waals surface area contributed by atoms with Crippen LogP contribution in [0.4, 0.5) is 5.82 Å². The second-order valence-corrected chi connectivity index (χ2v) is 4.26. The highest BCUT2D eigenvalue weighted by molar-refractivity contribution is 5.36. The first-order chi connectivity index (χ1) is 9.29. The van der Waals surface area contributed by atoms with Crippen molar-refractivity contribution in [2.45, 2.75) is 20.3 Å². The molecule has 100 valence electrons. The molecule has 0 saturated carbocycles. The minimum atomic E-state index is 0.688. The van der Waals surface area contributed by atoms with E-state index in [4.69, 9.17) is 4.74 Å². The SMILES string of the molecule is CCOc1ccccc1CCNc1cncc(C)n1. The molecule has 2 rings (SSSR count). The van der Waals surface area contributed by atoms with Gasteiger partial charge in [-0.1, -0.05) is 18.2 Å². The van der Waals surface area contributed by atoms with Crippen LogP contribution in [0.2, 0.25) is 0 Å². The number of aryl methyl sites for hydroxylation is 1. The van der Waals surface area contributed by atoms with Crippen molar-refractivity contribution in [1.82, 2.24) is 9.97 Å². The van der Waals surface area contributed by atoms with Crippen LogP contribution in [0.15, 0.2) is 36.7 Å². The first-order valence-corrected chi connectivity index (χ1v) is 6.53. The average molecular weight is 257 g/mol. The summed E-state index contributed by atoms with van der Waals surface area (Å²) in [4.78, 5) is 8.47. The van der Waals surface area contributed by atoms with Crippen molar-refractivity contribution in [3.8, 4) is 5.75 Å². The Labute approximate surface area is 113 Å². The summed E-state index contributed by atoms with van der Waals surface area (Å²) in [6.45, 7) is 5.43. The van der Waals surface area contributed by atoms with E-state index in [0.717, 1.165) is 30.2 Å². The molecule has 1 aromatic heterocycles. The zero-order chi connectivity index (χ0) is 13.5. The molecule has 0 radical (unpaired) electrons. The topological polar surface area (TPSA) is 47.0 Å². The second kappa shape index (κ2) is 6.73. The van der Waals surface area contributed by atoms with E-state index in [1.807, 2.05) is 32.0 Å². The lowest BCUT2D eigenvalue weighted by Gasteiger charge is -2.10. The zero-order valence-electron chi connectivity index (χ0n) is 11.4. The Morgan fingerprint density at radius 1 is 1.21 bits per heavy atom. The predicted octanol–water partition coefficient (Wildman–Crippen LogP) is 2.84. The summed E-state index contributed by atoms with van der Waals surface area (Å²) in [6, 6.07) is 8.12. The van der Waals surface area contributed by atoms with Crippen LogP contribution in [0.5, 0.6) is 5.75 Å². The number of rotatable bonds is 6. The van der Waals surface area contributed by atoms with Gasteiger partial charge in [0.05, 0.1) is 18.5 Å². The van der Waals surface area contributed by atoms with Gasteiger partial charge in [-0.25, -0.2) is 4.98 Å². The Morgan fingerprint density at radius 3 is 2.84 bits per heavy atom. The normalized spacial score (nSPS) is 10.2. The predicted molar refractivity (Wildman–Crippen MR) is 76.6 cm³/mol. The van der Waals surface area contributed by atoms with Crippen LogP contribution < -0.4 is 10.1 Å². The number of para-hydroxylation sites is 1. The molecule has 0 unspecified atom stereocenters. The molecule has 0 saturated heterocycles. The van der Waals surface area contributed by atoms with Gasteiger partial charge in [0.25, 0.3) is 0 Å². The van der Waals surface area contributed by atoms with E-state index >= 15 is 0 Å². The third-order valence-corrected chi connectivity index (χ3v) is 2.73. The first kappa shape index (κ1) is 13.3. The minimum absolute atomic E-state index is 0.688. The molecule has 0 amide bonds. The molecule has 0 aliphatic carbocycles. The van der Waals surface area contributed by atoms with Crippen molar-refractivity contribution < 1.29 is 4.74 Å². The van der Waals surface area contributed by atoms with Gasteiger partial charge in [-0.05, 0) is 31.9 Å². The summed E-state index contributed by atoms with van der Waals surface area (Å²) < 4.78 is 5.60. The van der Waals surface area contributed by atoms with Crippen LogP contribution in [0.1, 0.15) is 18.2 Å². The third-order valence-electron chi connectivity index (χ3n) is 2.73. The maximum Gasteiger partial charge on any atom is 0.144 e. The Kier molecular flexibility index (Phi) is 4.72. The number of hydrogen-bond acceptors (Lipinski definition) is 4. The first-order valence-electron chi connectivity index (χ1n) is 6.53. The molecule has 1 N–H and O–H groups in total. The van der Waals surface area contributed by atoms with Crippen molar-refractivity contribution in [2.75, 3.05) is 18.5 Å². The van der Waals surface area contributed by atoms with Gasteiger partial charge < -0.3 is 10.1 Å². The fourth-order valence-corrected chi connectivity index (χ4v) is 1.88. The van der Waals surface area contributed by atoms with Crippen molar-refractivity contribution in [3.05, 3.63) is 47.9 Å². The fraction of sp³-hybridized carbons (Fsp3) is 0.333. The standard InChI is InChI=1S/C15H19N3O/c1-3-19-14-7-5-4-6-13(14)8-9-17-15-11-16-10-12(2)18-15/h4-7,10-11H,3,8-9H2,1-2H3,(H,17,18). The van der Waals surface area contributed by atoms with E-state index in [2.05, 4.69) is 21.4 Å². The molecule has 0 spiro atoms. The maximum absolute atomic E-state index is 5.60. The van der Waals surface area contributed by atoms with Crippen LogP contribution in [-0.4, -0.2) is 23.1 Å². The average Bonchev–Trinajstić information content (AvgIpc) is 2.41. The number of benzene rings is 1. The molecule has 0 aliphatic rings. The molecule has 0 bridgehead atoms. The molecular weight excluding hydrogens is 238 g/mol. The van der Waals surface area contributed by atoms with Gasteiger partial charge in [-0.3, -0.25) is 4.98 Å².